The van der Waals surface area contributed by atoms with Crippen molar-refractivity contribution in [3.63, 3.8) is 0 Å². The lowest BCUT2D eigenvalue weighted by atomic mass is 10.1. The van der Waals surface area contributed by atoms with Crippen molar-refractivity contribution in [1.82, 2.24) is 4.98 Å². The van der Waals surface area contributed by atoms with Crippen LogP contribution in [0.25, 0.3) is 21.8 Å². The van der Waals surface area contributed by atoms with E-state index in [1.54, 1.807) is 0 Å². The first-order chi connectivity index (χ1) is 10.8. The molecule has 0 saturated carbocycles. The van der Waals surface area contributed by atoms with Gasteiger partial charge in [0, 0.05) is 17.3 Å². The molecule has 0 atom stereocenters. The highest BCUT2D eigenvalue weighted by molar-refractivity contribution is 5.98. The number of ether oxygens (including phenoxy) is 1. The van der Waals surface area contributed by atoms with Gasteiger partial charge in [0.05, 0.1) is 29.7 Å². The third kappa shape index (κ3) is 3.01. The molecule has 22 heavy (non-hydrogen) atoms. The van der Waals surface area contributed by atoms with Gasteiger partial charge in [-0.15, -0.1) is 0 Å². The van der Waals surface area contributed by atoms with Gasteiger partial charge < -0.3 is 10.1 Å². The lowest BCUT2D eigenvalue weighted by Gasteiger charge is -2.10. The summed E-state index contributed by atoms with van der Waals surface area (Å²) in [5, 5.41) is 5.49. The van der Waals surface area contributed by atoms with Crippen molar-refractivity contribution in [1.29, 1.82) is 0 Å². The molecule has 0 saturated heterocycles. The van der Waals surface area contributed by atoms with Crippen LogP contribution in [0.5, 0.6) is 0 Å². The fourth-order valence-electron chi connectivity index (χ4n) is 2.48. The first kappa shape index (κ1) is 14.3. The van der Waals surface area contributed by atoms with Gasteiger partial charge in [-0.2, -0.15) is 0 Å². The molecule has 1 heterocycles. The number of hydrogen-bond donors (Lipinski definition) is 1. The molecule has 1 aromatic heterocycles. The topological polar surface area (TPSA) is 51.2 Å². The first-order valence-electron chi connectivity index (χ1n) is 7.46. The standard InChI is InChI=1S/C18H18N2O2/c1-2-22-17(21)10-11-19-16-9-5-7-14-12-13-6-3-4-8-15(13)20-18(14)16/h3-9,12,19H,2,10-11H2,1H3. The second-order valence-corrected chi connectivity index (χ2v) is 5.04. The van der Waals surface area contributed by atoms with E-state index in [1.165, 1.54) is 0 Å². The van der Waals surface area contributed by atoms with Gasteiger partial charge in [-0.25, -0.2) is 4.98 Å². The first-order valence-corrected chi connectivity index (χ1v) is 7.46. The smallest absolute Gasteiger partial charge is 0.307 e. The Morgan fingerprint density at radius 3 is 2.82 bits per heavy atom. The number of fused-ring (bicyclic) bond motifs is 2. The number of carbonyl (C=O) groups excluding carboxylic acids is 1. The maximum absolute atomic E-state index is 11.4. The molecule has 0 aliphatic carbocycles. The third-order valence-electron chi connectivity index (χ3n) is 3.50. The summed E-state index contributed by atoms with van der Waals surface area (Å²) in [5.74, 6) is -0.186. The predicted molar refractivity (Wildman–Crippen MR) is 89.0 cm³/mol. The van der Waals surface area contributed by atoms with Gasteiger partial charge in [-0.05, 0) is 25.1 Å². The number of rotatable bonds is 5. The average Bonchev–Trinajstić information content (AvgIpc) is 2.53. The third-order valence-corrected chi connectivity index (χ3v) is 3.50. The molecule has 0 aliphatic rings. The van der Waals surface area contributed by atoms with Crippen LogP contribution in [0, 0.1) is 0 Å². The van der Waals surface area contributed by atoms with Gasteiger partial charge in [-0.3, -0.25) is 4.79 Å². The summed E-state index contributed by atoms with van der Waals surface area (Å²) in [6.07, 6.45) is 0.345. The lowest BCUT2D eigenvalue weighted by molar-refractivity contribution is -0.142. The van der Waals surface area contributed by atoms with Crippen LogP contribution in [-0.2, 0) is 9.53 Å². The number of nitrogens with zero attached hydrogens (tertiary/aromatic N) is 1. The second-order valence-electron chi connectivity index (χ2n) is 5.04. The summed E-state index contributed by atoms with van der Waals surface area (Å²) in [7, 11) is 0. The highest BCUT2D eigenvalue weighted by Gasteiger charge is 2.06. The summed E-state index contributed by atoms with van der Waals surface area (Å²) in [5.41, 5.74) is 2.83. The quantitative estimate of drug-likeness (QED) is 0.575. The van der Waals surface area contributed by atoms with Crippen molar-refractivity contribution in [3.8, 4) is 0 Å². The van der Waals surface area contributed by atoms with Gasteiger partial charge in [-0.1, -0.05) is 30.3 Å². The largest absolute Gasteiger partial charge is 0.466 e. The summed E-state index contributed by atoms with van der Waals surface area (Å²) >= 11 is 0. The van der Waals surface area contributed by atoms with Crippen LogP contribution < -0.4 is 5.32 Å². The Hall–Kier alpha value is -2.62. The normalized spacial score (nSPS) is 10.8. The number of carbonyl (C=O) groups is 1. The van der Waals surface area contributed by atoms with Crippen LogP contribution in [0.3, 0.4) is 0 Å². The minimum Gasteiger partial charge on any atom is -0.466 e. The Morgan fingerprint density at radius 1 is 1.14 bits per heavy atom. The number of nitrogens with one attached hydrogen (secondary N) is 1. The van der Waals surface area contributed by atoms with E-state index in [2.05, 4.69) is 17.4 Å². The van der Waals surface area contributed by atoms with Crippen LogP contribution in [0.4, 0.5) is 5.69 Å². The van der Waals surface area contributed by atoms with E-state index < -0.39 is 0 Å². The molecular weight excluding hydrogens is 276 g/mol. The van der Waals surface area contributed by atoms with E-state index in [1.807, 2.05) is 43.3 Å². The molecule has 0 spiro atoms. The van der Waals surface area contributed by atoms with Crippen molar-refractivity contribution >= 4 is 33.5 Å². The lowest BCUT2D eigenvalue weighted by Crippen LogP contribution is -2.11. The second kappa shape index (κ2) is 6.43. The number of para-hydroxylation sites is 2. The van der Waals surface area contributed by atoms with Crippen LogP contribution in [0.2, 0.25) is 0 Å². The minimum absolute atomic E-state index is 0.186. The number of hydrogen-bond acceptors (Lipinski definition) is 4. The molecule has 0 amide bonds. The molecule has 2 aromatic carbocycles. The number of pyridine rings is 1. The Bertz CT molecular complexity index is 814. The molecule has 0 bridgehead atoms. The Balaban J connectivity index is 1.86. The highest BCUT2D eigenvalue weighted by Crippen LogP contribution is 2.25. The highest BCUT2D eigenvalue weighted by atomic mass is 16.5. The minimum atomic E-state index is -0.186. The molecule has 4 nitrogen and oxygen atoms in total. The average molecular weight is 294 g/mol. The molecule has 0 unspecified atom stereocenters. The molecule has 0 fully saturated rings. The summed E-state index contributed by atoms with van der Waals surface area (Å²) < 4.78 is 4.93. The number of benzene rings is 2. The molecule has 4 heteroatoms. The predicted octanol–water partition coefficient (Wildman–Crippen LogP) is 3.75. The zero-order chi connectivity index (χ0) is 15.4. The molecule has 112 valence electrons. The maximum atomic E-state index is 11.4. The van der Waals surface area contributed by atoms with Crippen LogP contribution in [0.15, 0.2) is 48.5 Å². The van der Waals surface area contributed by atoms with Gasteiger partial charge in [0.1, 0.15) is 0 Å². The molecule has 0 radical (unpaired) electrons. The van der Waals surface area contributed by atoms with E-state index in [0.717, 1.165) is 27.5 Å². The van der Waals surface area contributed by atoms with E-state index in [9.17, 15) is 4.79 Å². The Morgan fingerprint density at radius 2 is 1.95 bits per heavy atom. The monoisotopic (exact) mass is 294 g/mol. The van der Waals surface area contributed by atoms with Crippen molar-refractivity contribution in [2.45, 2.75) is 13.3 Å². The maximum Gasteiger partial charge on any atom is 0.307 e. The van der Waals surface area contributed by atoms with Crippen LogP contribution in [0.1, 0.15) is 13.3 Å². The molecule has 0 aliphatic heterocycles. The SMILES string of the molecule is CCOC(=O)CCNc1cccc2cc3ccccc3nc12. The van der Waals surface area contributed by atoms with Crippen molar-refractivity contribution in [3.05, 3.63) is 48.5 Å². The van der Waals surface area contributed by atoms with E-state index in [0.29, 0.717) is 19.6 Å². The summed E-state index contributed by atoms with van der Waals surface area (Å²) in [6, 6.07) is 16.2. The van der Waals surface area contributed by atoms with E-state index in [4.69, 9.17) is 9.72 Å². The number of aromatic nitrogens is 1. The van der Waals surface area contributed by atoms with Gasteiger partial charge in [0.2, 0.25) is 0 Å². The zero-order valence-corrected chi connectivity index (χ0v) is 12.5. The van der Waals surface area contributed by atoms with Crippen molar-refractivity contribution in [2.75, 3.05) is 18.5 Å². The van der Waals surface area contributed by atoms with Gasteiger partial charge >= 0.3 is 5.97 Å². The van der Waals surface area contributed by atoms with Gasteiger partial charge in [0.15, 0.2) is 0 Å². The zero-order valence-electron chi connectivity index (χ0n) is 12.5. The molecule has 3 aromatic rings. The number of anilines is 1. The fourth-order valence-corrected chi connectivity index (χ4v) is 2.48. The van der Waals surface area contributed by atoms with Crippen molar-refractivity contribution in [2.24, 2.45) is 0 Å². The van der Waals surface area contributed by atoms with Crippen LogP contribution >= 0.6 is 0 Å². The van der Waals surface area contributed by atoms with E-state index >= 15 is 0 Å². The molecular formula is C18H18N2O2. The number of esters is 1. The fraction of sp³-hybridized carbons (Fsp3) is 0.222. The Kier molecular flexibility index (Phi) is 4.19. The molecule has 3 rings (SSSR count). The summed E-state index contributed by atoms with van der Waals surface area (Å²) in [4.78, 5) is 16.1. The Labute approximate surface area is 129 Å². The van der Waals surface area contributed by atoms with Crippen molar-refractivity contribution < 1.29 is 9.53 Å². The van der Waals surface area contributed by atoms with E-state index in [-0.39, 0.29) is 5.97 Å². The molecule has 1 N–H and O–H groups in total. The van der Waals surface area contributed by atoms with Crippen LogP contribution in [-0.4, -0.2) is 24.1 Å². The van der Waals surface area contributed by atoms with Gasteiger partial charge in [0.25, 0.3) is 0 Å². The summed E-state index contributed by atoms with van der Waals surface area (Å²) in [6.45, 7) is 2.76.